The molecular formula is C25H36N6O. The highest BCUT2D eigenvalue weighted by Gasteiger charge is 2.30. The van der Waals surface area contributed by atoms with E-state index in [0.717, 1.165) is 50.3 Å². The first kappa shape index (κ1) is 22.6. The monoisotopic (exact) mass is 436 g/mol. The van der Waals surface area contributed by atoms with Crippen LogP contribution < -0.4 is 5.32 Å². The number of hydrogen-bond acceptors (Lipinski definition) is 6. The standard InChI is InChI=1S/C25H36N6O/c1-19(2)31(21-8-4-3-5-9-21)24(32)18-30-16-12-20(13-17-30)22-10-6-11-23(28-22)29-25-26-14-7-15-27-25/h6-7,10-11,14-15,19-21H,3-5,8-9,12-13,16-18H2,1-2H3,(H,26,27,28,29). The second kappa shape index (κ2) is 10.9. The molecule has 2 aliphatic rings. The lowest BCUT2D eigenvalue weighted by molar-refractivity contribution is -0.137. The minimum absolute atomic E-state index is 0.274. The van der Waals surface area contributed by atoms with Crippen molar-refractivity contribution in [2.75, 3.05) is 25.0 Å². The van der Waals surface area contributed by atoms with Crippen LogP contribution in [-0.4, -0.2) is 62.4 Å². The molecule has 7 heteroatoms. The first-order valence-corrected chi connectivity index (χ1v) is 12.1. The number of piperidine rings is 1. The van der Waals surface area contributed by atoms with Crippen LogP contribution in [0, 0.1) is 0 Å². The van der Waals surface area contributed by atoms with Crippen LogP contribution in [0.1, 0.15) is 70.4 Å². The topological polar surface area (TPSA) is 74.2 Å². The molecule has 0 spiro atoms. The Morgan fingerprint density at radius 1 is 1.06 bits per heavy atom. The van der Waals surface area contributed by atoms with Crippen molar-refractivity contribution in [3.05, 3.63) is 42.4 Å². The maximum Gasteiger partial charge on any atom is 0.237 e. The van der Waals surface area contributed by atoms with Gasteiger partial charge in [-0.05, 0) is 70.8 Å². The van der Waals surface area contributed by atoms with Gasteiger partial charge >= 0.3 is 0 Å². The molecule has 0 unspecified atom stereocenters. The fourth-order valence-electron chi connectivity index (χ4n) is 5.16. The molecule has 2 aromatic rings. The van der Waals surface area contributed by atoms with Gasteiger partial charge in [0.05, 0.1) is 6.54 Å². The van der Waals surface area contributed by atoms with Gasteiger partial charge in [0.25, 0.3) is 0 Å². The Hall–Kier alpha value is -2.54. The number of rotatable bonds is 7. The van der Waals surface area contributed by atoms with Gasteiger partial charge in [0.1, 0.15) is 5.82 Å². The molecule has 4 rings (SSSR count). The highest BCUT2D eigenvalue weighted by atomic mass is 16.2. The summed E-state index contributed by atoms with van der Waals surface area (Å²) in [6, 6.07) is 8.58. The first-order valence-electron chi connectivity index (χ1n) is 12.1. The molecule has 0 bridgehead atoms. The molecular weight excluding hydrogens is 400 g/mol. The average Bonchev–Trinajstić information content (AvgIpc) is 2.81. The Morgan fingerprint density at radius 2 is 1.78 bits per heavy atom. The van der Waals surface area contributed by atoms with Gasteiger partial charge in [0, 0.05) is 36.1 Å². The fourth-order valence-corrected chi connectivity index (χ4v) is 5.16. The lowest BCUT2D eigenvalue weighted by atomic mass is 9.92. The molecule has 2 fully saturated rings. The third kappa shape index (κ3) is 5.82. The van der Waals surface area contributed by atoms with Crippen LogP contribution in [0.15, 0.2) is 36.7 Å². The normalized spacial score (nSPS) is 18.6. The van der Waals surface area contributed by atoms with Gasteiger partial charge in [-0.25, -0.2) is 15.0 Å². The predicted molar refractivity (Wildman–Crippen MR) is 127 cm³/mol. The van der Waals surface area contributed by atoms with E-state index in [1.165, 1.54) is 19.3 Å². The Morgan fingerprint density at radius 3 is 2.47 bits per heavy atom. The summed E-state index contributed by atoms with van der Waals surface area (Å²) in [4.78, 5) is 30.9. The van der Waals surface area contributed by atoms with Crippen LogP contribution in [0.5, 0.6) is 0 Å². The van der Waals surface area contributed by atoms with E-state index in [9.17, 15) is 4.79 Å². The van der Waals surface area contributed by atoms with E-state index in [4.69, 9.17) is 4.98 Å². The number of nitrogens with zero attached hydrogens (tertiary/aromatic N) is 5. The Bertz CT molecular complexity index is 860. The largest absolute Gasteiger partial charge is 0.336 e. The zero-order chi connectivity index (χ0) is 22.3. The summed E-state index contributed by atoms with van der Waals surface area (Å²) in [6.45, 7) is 6.74. The number of pyridine rings is 1. The van der Waals surface area contributed by atoms with Gasteiger partial charge in [-0.2, -0.15) is 0 Å². The maximum absolute atomic E-state index is 13.2. The zero-order valence-electron chi connectivity index (χ0n) is 19.4. The Labute approximate surface area is 191 Å². The first-order chi connectivity index (χ1) is 15.6. The predicted octanol–water partition coefficient (Wildman–Crippen LogP) is 4.36. The molecule has 1 aliphatic heterocycles. The summed E-state index contributed by atoms with van der Waals surface area (Å²) < 4.78 is 0. The highest BCUT2D eigenvalue weighted by Crippen LogP contribution is 2.29. The van der Waals surface area contributed by atoms with Crippen LogP contribution in [0.3, 0.4) is 0 Å². The van der Waals surface area contributed by atoms with E-state index in [-0.39, 0.29) is 6.04 Å². The fraction of sp³-hybridized carbons (Fsp3) is 0.600. The van der Waals surface area contributed by atoms with Crippen LogP contribution in [0.2, 0.25) is 0 Å². The lowest BCUT2D eigenvalue weighted by Crippen LogP contribution is -2.50. The van der Waals surface area contributed by atoms with Crippen molar-refractivity contribution in [2.45, 2.75) is 76.8 Å². The molecule has 0 atom stereocenters. The minimum Gasteiger partial charge on any atom is -0.336 e. The number of amides is 1. The molecule has 0 aromatic carbocycles. The van der Waals surface area contributed by atoms with Gasteiger partial charge in [0.2, 0.25) is 11.9 Å². The SMILES string of the molecule is CC(C)N(C(=O)CN1CCC(c2cccc(Nc3ncccn3)n2)CC1)C1CCCCC1. The molecule has 1 N–H and O–H groups in total. The van der Waals surface area contributed by atoms with Gasteiger partial charge in [-0.3, -0.25) is 9.69 Å². The minimum atomic E-state index is 0.274. The van der Waals surface area contributed by atoms with Crippen molar-refractivity contribution in [1.82, 2.24) is 24.8 Å². The lowest BCUT2D eigenvalue weighted by Gasteiger charge is -2.39. The molecule has 172 valence electrons. The molecule has 3 heterocycles. The molecule has 1 amide bonds. The number of aromatic nitrogens is 3. The van der Waals surface area contributed by atoms with Gasteiger partial charge in [0.15, 0.2) is 0 Å². The number of carbonyl (C=O) groups is 1. The van der Waals surface area contributed by atoms with E-state index < -0.39 is 0 Å². The molecule has 0 radical (unpaired) electrons. The second-order valence-electron chi connectivity index (χ2n) is 9.38. The smallest absolute Gasteiger partial charge is 0.237 e. The third-order valence-corrected chi connectivity index (χ3v) is 6.75. The number of carbonyl (C=O) groups excluding carboxylic acids is 1. The van der Waals surface area contributed by atoms with Crippen LogP contribution in [0.4, 0.5) is 11.8 Å². The quantitative estimate of drug-likeness (QED) is 0.695. The van der Waals surface area contributed by atoms with Gasteiger partial charge in [-0.15, -0.1) is 0 Å². The summed E-state index contributed by atoms with van der Waals surface area (Å²) in [6.07, 6.45) is 11.6. The number of likely N-dealkylation sites (tertiary alicyclic amines) is 1. The number of nitrogens with one attached hydrogen (secondary N) is 1. The number of anilines is 2. The van der Waals surface area contributed by atoms with Crippen LogP contribution in [0.25, 0.3) is 0 Å². The van der Waals surface area contributed by atoms with Crippen LogP contribution >= 0.6 is 0 Å². The van der Waals surface area contributed by atoms with E-state index in [1.807, 2.05) is 12.1 Å². The molecule has 7 nitrogen and oxygen atoms in total. The van der Waals surface area contributed by atoms with Crippen molar-refractivity contribution in [2.24, 2.45) is 0 Å². The van der Waals surface area contributed by atoms with Crippen molar-refractivity contribution in [3.8, 4) is 0 Å². The summed E-state index contributed by atoms with van der Waals surface area (Å²) in [5.74, 6) is 2.04. The molecule has 1 saturated heterocycles. The Balaban J connectivity index is 1.31. The second-order valence-corrected chi connectivity index (χ2v) is 9.38. The van der Waals surface area contributed by atoms with Crippen molar-refractivity contribution < 1.29 is 4.79 Å². The number of hydrogen-bond donors (Lipinski definition) is 1. The van der Waals surface area contributed by atoms with E-state index in [2.05, 4.69) is 45.0 Å². The zero-order valence-corrected chi connectivity index (χ0v) is 19.4. The van der Waals surface area contributed by atoms with Crippen molar-refractivity contribution in [3.63, 3.8) is 0 Å². The summed E-state index contributed by atoms with van der Waals surface area (Å²) in [5, 5.41) is 3.18. The van der Waals surface area contributed by atoms with E-state index >= 15 is 0 Å². The van der Waals surface area contributed by atoms with Crippen LogP contribution in [-0.2, 0) is 4.79 Å². The molecule has 1 saturated carbocycles. The summed E-state index contributed by atoms with van der Waals surface area (Å²) >= 11 is 0. The summed E-state index contributed by atoms with van der Waals surface area (Å²) in [7, 11) is 0. The molecule has 2 aromatic heterocycles. The average molecular weight is 437 g/mol. The molecule has 32 heavy (non-hydrogen) atoms. The van der Waals surface area contributed by atoms with Crippen molar-refractivity contribution in [1.29, 1.82) is 0 Å². The van der Waals surface area contributed by atoms with E-state index in [1.54, 1.807) is 18.5 Å². The molecule has 1 aliphatic carbocycles. The van der Waals surface area contributed by atoms with Gasteiger partial charge < -0.3 is 10.2 Å². The summed E-state index contributed by atoms with van der Waals surface area (Å²) in [5.41, 5.74) is 1.10. The maximum atomic E-state index is 13.2. The van der Waals surface area contributed by atoms with E-state index in [0.29, 0.717) is 30.4 Å². The third-order valence-electron chi connectivity index (χ3n) is 6.75. The Kier molecular flexibility index (Phi) is 7.68. The van der Waals surface area contributed by atoms with Crippen molar-refractivity contribution >= 4 is 17.7 Å². The highest BCUT2D eigenvalue weighted by molar-refractivity contribution is 5.79. The van der Waals surface area contributed by atoms with Gasteiger partial charge in [-0.1, -0.05) is 25.3 Å².